The molecular formula is C25H22F3N3O4. The number of halogens is 3. The van der Waals surface area contributed by atoms with Crippen molar-refractivity contribution in [2.75, 3.05) is 19.8 Å². The van der Waals surface area contributed by atoms with Crippen LogP contribution in [0.5, 0.6) is 0 Å². The third-order valence-corrected chi connectivity index (χ3v) is 7.13. The van der Waals surface area contributed by atoms with Gasteiger partial charge in [-0.05, 0) is 43.0 Å². The molecule has 182 valence electrons. The van der Waals surface area contributed by atoms with E-state index in [1.165, 1.54) is 12.3 Å². The van der Waals surface area contributed by atoms with E-state index in [0.29, 0.717) is 53.6 Å². The number of aromatic nitrogens is 3. The maximum atomic E-state index is 16.1. The van der Waals surface area contributed by atoms with Gasteiger partial charge >= 0.3 is 5.97 Å². The summed E-state index contributed by atoms with van der Waals surface area (Å²) in [7, 11) is 0. The van der Waals surface area contributed by atoms with Crippen molar-refractivity contribution in [1.82, 2.24) is 14.8 Å². The van der Waals surface area contributed by atoms with Crippen LogP contribution in [0.15, 0.2) is 30.5 Å². The zero-order valence-electron chi connectivity index (χ0n) is 18.6. The van der Waals surface area contributed by atoms with Crippen LogP contribution in [0.3, 0.4) is 0 Å². The van der Waals surface area contributed by atoms with Crippen molar-refractivity contribution in [3.05, 3.63) is 59.2 Å². The minimum absolute atomic E-state index is 0.0565. The summed E-state index contributed by atoms with van der Waals surface area (Å²) in [6.45, 7) is 1.13. The summed E-state index contributed by atoms with van der Waals surface area (Å²) in [5, 5.41) is 17.0. The van der Waals surface area contributed by atoms with Crippen molar-refractivity contribution >= 4 is 27.8 Å². The Balaban J connectivity index is 1.70. The molecule has 2 aliphatic rings. The SMILES string of the molecule is O=C(O)[C@@H]1C[C@@H](c2c(C3CCOCC3)n(-c3ccc(F)c(F)c3)c3cc4cn[nH]c4c(F)c23)CO1. The zero-order valence-corrected chi connectivity index (χ0v) is 18.6. The lowest BCUT2D eigenvalue weighted by molar-refractivity contribution is -0.147. The second-order valence-electron chi connectivity index (χ2n) is 9.13. The molecule has 7 nitrogen and oxygen atoms in total. The van der Waals surface area contributed by atoms with Crippen LogP contribution in [0.25, 0.3) is 27.5 Å². The summed E-state index contributed by atoms with van der Waals surface area (Å²) in [4.78, 5) is 11.6. The molecular weight excluding hydrogens is 463 g/mol. The third-order valence-electron chi connectivity index (χ3n) is 7.13. The Bertz CT molecular complexity index is 1460. The molecule has 0 bridgehead atoms. The van der Waals surface area contributed by atoms with Crippen molar-refractivity contribution in [3.63, 3.8) is 0 Å². The minimum atomic E-state index is -1.07. The highest BCUT2D eigenvalue weighted by atomic mass is 19.2. The summed E-state index contributed by atoms with van der Waals surface area (Å²) in [5.41, 5.74) is 2.48. The lowest BCUT2D eigenvalue weighted by Crippen LogP contribution is -2.20. The summed E-state index contributed by atoms with van der Waals surface area (Å²) >= 11 is 0. The number of nitrogens with one attached hydrogen (secondary N) is 1. The van der Waals surface area contributed by atoms with E-state index in [2.05, 4.69) is 10.2 Å². The molecule has 2 aromatic heterocycles. The molecule has 2 saturated heterocycles. The van der Waals surface area contributed by atoms with Gasteiger partial charge in [-0.3, -0.25) is 5.10 Å². The van der Waals surface area contributed by atoms with Gasteiger partial charge in [0.1, 0.15) is 5.52 Å². The number of hydrogen-bond donors (Lipinski definition) is 2. The van der Waals surface area contributed by atoms with Crippen LogP contribution in [0.1, 0.15) is 42.4 Å². The van der Waals surface area contributed by atoms with Gasteiger partial charge in [-0.15, -0.1) is 0 Å². The number of benzene rings is 2. The van der Waals surface area contributed by atoms with Crippen LogP contribution < -0.4 is 0 Å². The van der Waals surface area contributed by atoms with Crippen LogP contribution in [-0.2, 0) is 14.3 Å². The number of H-pyrrole nitrogens is 1. The van der Waals surface area contributed by atoms with Crippen molar-refractivity contribution in [1.29, 1.82) is 0 Å². The summed E-state index contributed by atoms with van der Waals surface area (Å²) < 4.78 is 57.2. The Kier molecular flexibility index (Phi) is 5.30. The number of ether oxygens (including phenoxy) is 2. The average Bonchev–Trinajstić information content (AvgIpc) is 3.59. The Labute approximate surface area is 197 Å². The number of carboxylic acid groups (broad SMARTS) is 1. The van der Waals surface area contributed by atoms with Crippen LogP contribution in [0.2, 0.25) is 0 Å². The molecule has 0 aliphatic carbocycles. The second kappa shape index (κ2) is 8.39. The van der Waals surface area contributed by atoms with Gasteiger partial charge in [-0.1, -0.05) is 0 Å². The van der Waals surface area contributed by atoms with Gasteiger partial charge in [0.05, 0.1) is 18.3 Å². The molecule has 2 fully saturated rings. The second-order valence-corrected chi connectivity index (χ2v) is 9.13. The standard InChI is InChI=1S/C25H22F3N3O4/c26-16-2-1-15(9-17(16)27)31-18-7-13-10-29-30-23(13)22(28)21(18)20(14-8-19(25(32)33)35-11-14)24(31)12-3-5-34-6-4-12/h1-2,7,9-10,12,14,19H,3-6,8,11H2,(H,29,30)(H,32,33)/t14-,19+/m1/s1. The van der Waals surface area contributed by atoms with Crippen LogP contribution >= 0.6 is 0 Å². The molecule has 0 amide bonds. The summed E-state index contributed by atoms with van der Waals surface area (Å²) in [5.74, 6) is -4.02. The van der Waals surface area contributed by atoms with E-state index >= 15 is 4.39 Å². The van der Waals surface area contributed by atoms with E-state index in [-0.39, 0.29) is 24.5 Å². The quantitative estimate of drug-likeness (QED) is 0.435. The first-order valence-electron chi connectivity index (χ1n) is 11.5. The summed E-state index contributed by atoms with van der Waals surface area (Å²) in [6.07, 6.45) is 2.01. The molecule has 35 heavy (non-hydrogen) atoms. The van der Waals surface area contributed by atoms with E-state index < -0.39 is 35.4 Å². The van der Waals surface area contributed by atoms with E-state index in [4.69, 9.17) is 9.47 Å². The van der Waals surface area contributed by atoms with E-state index in [1.54, 1.807) is 10.6 Å². The Morgan fingerprint density at radius 3 is 2.63 bits per heavy atom. The fourth-order valence-electron chi connectivity index (χ4n) is 5.54. The van der Waals surface area contributed by atoms with E-state index in [9.17, 15) is 18.7 Å². The first kappa shape index (κ1) is 22.1. The molecule has 2 atom stereocenters. The number of aromatic amines is 1. The number of hydrogen-bond acceptors (Lipinski definition) is 4. The van der Waals surface area contributed by atoms with E-state index in [1.807, 2.05) is 0 Å². The predicted octanol–water partition coefficient (Wildman–Crippen LogP) is 4.78. The van der Waals surface area contributed by atoms with Crippen molar-refractivity contribution in [3.8, 4) is 5.69 Å². The fourth-order valence-corrected chi connectivity index (χ4v) is 5.54. The Morgan fingerprint density at radius 1 is 1.11 bits per heavy atom. The maximum absolute atomic E-state index is 16.1. The monoisotopic (exact) mass is 485 g/mol. The number of nitrogens with zero attached hydrogens (tertiary/aromatic N) is 2. The van der Waals surface area contributed by atoms with Crippen molar-refractivity contribution in [2.45, 2.75) is 37.2 Å². The van der Waals surface area contributed by atoms with Crippen molar-refractivity contribution in [2.24, 2.45) is 0 Å². The fraction of sp³-hybridized carbons (Fsp3) is 0.360. The number of carboxylic acids is 1. The Hall–Kier alpha value is -3.37. The summed E-state index contributed by atoms with van der Waals surface area (Å²) in [6, 6.07) is 5.39. The molecule has 0 saturated carbocycles. The number of carbonyl (C=O) groups is 1. The van der Waals surface area contributed by atoms with Crippen molar-refractivity contribution < 1.29 is 32.5 Å². The van der Waals surface area contributed by atoms with Gasteiger partial charge in [0.2, 0.25) is 0 Å². The Morgan fingerprint density at radius 2 is 1.91 bits per heavy atom. The molecule has 4 heterocycles. The molecule has 10 heteroatoms. The topological polar surface area (TPSA) is 89.4 Å². The van der Waals surface area contributed by atoms with Crippen LogP contribution in [-0.4, -0.2) is 51.8 Å². The molecule has 2 aliphatic heterocycles. The highest BCUT2D eigenvalue weighted by Crippen LogP contribution is 2.46. The predicted molar refractivity (Wildman–Crippen MR) is 120 cm³/mol. The van der Waals surface area contributed by atoms with Crippen LogP contribution in [0, 0.1) is 17.5 Å². The van der Waals surface area contributed by atoms with Crippen LogP contribution in [0.4, 0.5) is 13.2 Å². The smallest absolute Gasteiger partial charge is 0.332 e. The molecule has 2 N–H and O–H groups in total. The van der Waals surface area contributed by atoms with E-state index in [0.717, 1.165) is 17.8 Å². The minimum Gasteiger partial charge on any atom is -0.479 e. The van der Waals surface area contributed by atoms with Gasteiger partial charge in [0.25, 0.3) is 0 Å². The molecule has 4 aromatic rings. The molecule has 0 unspecified atom stereocenters. The lowest BCUT2D eigenvalue weighted by Gasteiger charge is -2.26. The highest BCUT2D eigenvalue weighted by molar-refractivity contribution is 6.00. The highest BCUT2D eigenvalue weighted by Gasteiger charge is 2.38. The van der Waals surface area contributed by atoms with Gasteiger partial charge in [0.15, 0.2) is 23.6 Å². The largest absolute Gasteiger partial charge is 0.479 e. The normalized spacial score (nSPS) is 21.3. The van der Waals surface area contributed by atoms with Gasteiger partial charge in [0, 0.05) is 53.3 Å². The number of aliphatic carboxylic acids is 1. The van der Waals surface area contributed by atoms with Gasteiger partial charge in [-0.25, -0.2) is 18.0 Å². The molecule has 2 aromatic carbocycles. The first-order valence-corrected chi connectivity index (χ1v) is 11.5. The average molecular weight is 485 g/mol. The maximum Gasteiger partial charge on any atom is 0.332 e. The first-order chi connectivity index (χ1) is 16.9. The zero-order chi connectivity index (χ0) is 24.3. The number of rotatable bonds is 4. The third kappa shape index (κ3) is 3.51. The molecule has 0 radical (unpaired) electrons. The molecule has 0 spiro atoms. The van der Waals surface area contributed by atoms with Gasteiger partial charge in [-0.2, -0.15) is 5.10 Å². The van der Waals surface area contributed by atoms with Gasteiger partial charge < -0.3 is 19.1 Å². The lowest BCUT2D eigenvalue weighted by atomic mass is 9.86. The number of fused-ring (bicyclic) bond motifs is 2. The molecule has 6 rings (SSSR count).